The smallest absolute Gasteiger partial charge is 0.414 e. The quantitative estimate of drug-likeness (QED) is 0.267. The van der Waals surface area contributed by atoms with Crippen molar-refractivity contribution in [3.8, 4) is 5.75 Å². The lowest BCUT2D eigenvalue weighted by Crippen LogP contribution is -2.24. The van der Waals surface area contributed by atoms with Crippen LogP contribution in [0.4, 0.5) is 4.79 Å². The van der Waals surface area contributed by atoms with E-state index in [-0.39, 0.29) is 5.91 Å². The molecule has 1 aliphatic rings. The van der Waals surface area contributed by atoms with Crippen molar-refractivity contribution in [1.29, 1.82) is 0 Å². The third-order valence-corrected chi connectivity index (χ3v) is 6.05. The second-order valence-electron chi connectivity index (χ2n) is 8.90. The molecule has 0 radical (unpaired) electrons. The highest BCUT2D eigenvalue weighted by Crippen LogP contribution is 2.18. The third kappa shape index (κ3) is 8.12. The maximum atomic E-state index is 11.4. The molecule has 0 bridgehead atoms. The summed E-state index contributed by atoms with van der Waals surface area (Å²) in [5.41, 5.74) is 3.14. The van der Waals surface area contributed by atoms with Crippen LogP contribution in [0.1, 0.15) is 67.7 Å². The molecule has 1 fully saturated rings. The minimum Gasteiger partial charge on any atom is -0.487 e. The average Bonchev–Trinajstić information content (AvgIpc) is 3.49. The topological polar surface area (TPSA) is 90.7 Å². The van der Waals surface area contributed by atoms with Crippen LogP contribution in [-0.4, -0.2) is 23.1 Å². The summed E-state index contributed by atoms with van der Waals surface area (Å²) in [6, 6.07) is 18.2. The van der Waals surface area contributed by atoms with Gasteiger partial charge in [0.25, 0.3) is 5.91 Å². The Morgan fingerprint density at radius 3 is 2.39 bits per heavy atom. The molecule has 0 aliphatic carbocycles. The van der Waals surface area contributed by atoms with Gasteiger partial charge in [-0.05, 0) is 55.0 Å². The molecule has 188 valence electrons. The fourth-order valence-electron chi connectivity index (χ4n) is 4.06. The van der Waals surface area contributed by atoms with Gasteiger partial charge in [-0.25, -0.2) is 9.78 Å². The minimum absolute atomic E-state index is 0.310. The number of carbonyl (C=O) groups excluding carboxylic acids is 2. The van der Waals surface area contributed by atoms with Gasteiger partial charge in [-0.3, -0.25) is 10.1 Å². The molecule has 1 saturated heterocycles. The van der Waals surface area contributed by atoms with Gasteiger partial charge < -0.3 is 13.9 Å². The number of hydrogen-bond acceptors (Lipinski definition) is 6. The summed E-state index contributed by atoms with van der Waals surface area (Å²) in [5, 5.41) is 2.16. The molecular formula is C29H32N2O5. The zero-order chi connectivity index (χ0) is 25.0. The van der Waals surface area contributed by atoms with Crippen LogP contribution in [0, 0.1) is 0 Å². The first-order chi connectivity index (χ1) is 17.7. The molecule has 1 aliphatic heterocycles. The van der Waals surface area contributed by atoms with Crippen molar-refractivity contribution in [3.63, 3.8) is 0 Å². The van der Waals surface area contributed by atoms with Crippen molar-refractivity contribution in [3.05, 3.63) is 83.6 Å². The van der Waals surface area contributed by atoms with E-state index in [1.165, 1.54) is 12.0 Å². The van der Waals surface area contributed by atoms with E-state index < -0.39 is 12.2 Å². The number of ether oxygens (including phenoxy) is 2. The van der Waals surface area contributed by atoms with Crippen LogP contribution in [0.5, 0.6) is 5.75 Å². The van der Waals surface area contributed by atoms with Crippen molar-refractivity contribution >= 4 is 24.2 Å². The number of nitrogens with zero attached hydrogens (tertiary/aromatic N) is 1. The number of unbranched alkanes of at least 4 members (excludes halogenated alkanes) is 5. The standard InChI is InChI=1S/C29H32N2O5/c32-28-26(36-29(33)31-28)13-9-4-2-1-3-6-12-23-14-17-25(18-15-23)34-20-24-21-35-27(30-24)19-16-22-10-7-5-8-11-22/h5,7-8,10-11,14-19,21,26H,1-4,6,9,12-13,20H2,(H,31,32,33)/b19-16+. The molecule has 1 atom stereocenters. The molecule has 4 rings (SSSR count). The van der Waals surface area contributed by atoms with E-state index >= 15 is 0 Å². The Balaban J connectivity index is 1.07. The zero-order valence-electron chi connectivity index (χ0n) is 20.4. The summed E-state index contributed by atoms with van der Waals surface area (Å²) in [6.07, 6.45) is 12.4. The summed E-state index contributed by atoms with van der Waals surface area (Å²) in [7, 11) is 0. The lowest BCUT2D eigenvalue weighted by atomic mass is 10.0. The lowest BCUT2D eigenvalue weighted by molar-refractivity contribution is -0.123. The van der Waals surface area contributed by atoms with Crippen LogP contribution in [0.3, 0.4) is 0 Å². The molecule has 7 heteroatoms. The summed E-state index contributed by atoms with van der Waals surface area (Å²) in [5.74, 6) is 1.06. The fraction of sp³-hybridized carbons (Fsp3) is 0.345. The number of alkyl carbamates (subject to hydrolysis) is 1. The van der Waals surface area contributed by atoms with Crippen LogP contribution >= 0.6 is 0 Å². The molecule has 0 spiro atoms. The van der Waals surface area contributed by atoms with E-state index in [0.717, 1.165) is 55.5 Å². The number of cyclic esters (lactones) is 1. The largest absolute Gasteiger partial charge is 0.487 e. The van der Waals surface area contributed by atoms with E-state index in [0.29, 0.717) is 18.9 Å². The number of aryl methyl sites for hydroxylation is 1. The number of hydrogen-bond donors (Lipinski definition) is 1. The lowest BCUT2D eigenvalue weighted by Gasteiger charge is -2.07. The second-order valence-corrected chi connectivity index (χ2v) is 8.90. The maximum Gasteiger partial charge on any atom is 0.414 e. The molecular weight excluding hydrogens is 456 g/mol. The molecule has 1 N–H and O–H groups in total. The fourth-order valence-corrected chi connectivity index (χ4v) is 4.06. The van der Waals surface area contributed by atoms with Gasteiger partial charge in [0.1, 0.15) is 24.3 Å². The minimum atomic E-state index is -0.624. The van der Waals surface area contributed by atoms with E-state index in [4.69, 9.17) is 13.9 Å². The molecule has 1 aromatic heterocycles. The SMILES string of the molecule is O=C1NC(=O)C(CCCCCCCCc2ccc(OCc3coc(/C=C/c4ccccc4)n3)cc2)O1. The van der Waals surface area contributed by atoms with Gasteiger partial charge in [0, 0.05) is 6.08 Å². The van der Waals surface area contributed by atoms with Gasteiger partial charge in [0.15, 0.2) is 6.10 Å². The number of oxazole rings is 1. The number of amides is 2. The van der Waals surface area contributed by atoms with Crippen LogP contribution in [-0.2, 0) is 22.6 Å². The van der Waals surface area contributed by atoms with Gasteiger partial charge >= 0.3 is 6.09 Å². The number of benzene rings is 2. The van der Waals surface area contributed by atoms with Crippen molar-refractivity contribution in [1.82, 2.24) is 10.3 Å². The third-order valence-electron chi connectivity index (χ3n) is 6.05. The molecule has 2 heterocycles. The van der Waals surface area contributed by atoms with Gasteiger partial charge in [0.2, 0.25) is 5.89 Å². The van der Waals surface area contributed by atoms with Crippen LogP contribution < -0.4 is 10.1 Å². The Morgan fingerprint density at radius 1 is 0.889 bits per heavy atom. The summed E-state index contributed by atoms with van der Waals surface area (Å²) in [4.78, 5) is 26.9. The van der Waals surface area contributed by atoms with Crippen molar-refractivity contribution in [2.24, 2.45) is 0 Å². The Morgan fingerprint density at radius 2 is 1.64 bits per heavy atom. The van der Waals surface area contributed by atoms with E-state index in [2.05, 4.69) is 22.4 Å². The Hall–Kier alpha value is -3.87. The number of aromatic nitrogens is 1. The Kier molecular flexibility index (Phi) is 9.31. The zero-order valence-corrected chi connectivity index (χ0v) is 20.4. The van der Waals surface area contributed by atoms with E-state index in [1.807, 2.05) is 54.6 Å². The first kappa shape index (κ1) is 25.2. The van der Waals surface area contributed by atoms with Crippen molar-refractivity contribution in [2.45, 2.75) is 64.1 Å². The normalized spacial score (nSPS) is 15.3. The number of nitrogens with one attached hydrogen (secondary N) is 1. The van der Waals surface area contributed by atoms with Gasteiger partial charge in [-0.15, -0.1) is 0 Å². The first-order valence-electron chi connectivity index (χ1n) is 12.6. The summed E-state index contributed by atoms with van der Waals surface area (Å²) >= 11 is 0. The van der Waals surface area contributed by atoms with E-state index in [9.17, 15) is 9.59 Å². The highest BCUT2D eigenvalue weighted by molar-refractivity contribution is 5.99. The highest BCUT2D eigenvalue weighted by Gasteiger charge is 2.31. The first-order valence-corrected chi connectivity index (χ1v) is 12.6. The number of rotatable bonds is 14. The highest BCUT2D eigenvalue weighted by atomic mass is 16.6. The van der Waals surface area contributed by atoms with Crippen LogP contribution in [0.15, 0.2) is 65.3 Å². The van der Waals surface area contributed by atoms with Crippen molar-refractivity contribution < 1.29 is 23.5 Å². The van der Waals surface area contributed by atoms with E-state index in [1.54, 1.807) is 6.26 Å². The number of carbonyl (C=O) groups is 2. The molecule has 2 amide bonds. The predicted octanol–water partition coefficient (Wildman–Crippen LogP) is 6.33. The van der Waals surface area contributed by atoms with Gasteiger partial charge in [-0.1, -0.05) is 68.1 Å². The molecule has 7 nitrogen and oxygen atoms in total. The number of imide groups is 1. The molecule has 3 aromatic rings. The maximum absolute atomic E-state index is 11.4. The molecule has 36 heavy (non-hydrogen) atoms. The summed E-state index contributed by atoms with van der Waals surface area (Å²) < 4.78 is 16.3. The van der Waals surface area contributed by atoms with Crippen LogP contribution in [0.2, 0.25) is 0 Å². The Bertz CT molecular complexity index is 1140. The predicted molar refractivity (Wildman–Crippen MR) is 137 cm³/mol. The second kappa shape index (κ2) is 13.3. The monoisotopic (exact) mass is 488 g/mol. The van der Waals surface area contributed by atoms with Crippen molar-refractivity contribution in [2.75, 3.05) is 0 Å². The van der Waals surface area contributed by atoms with Crippen LogP contribution in [0.25, 0.3) is 12.2 Å². The Labute approximate surface area is 211 Å². The van der Waals surface area contributed by atoms with Gasteiger partial charge in [0.05, 0.1) is 0 Å². The molecule has 2 aromatic carbocycles. The molecule has 1 unspecified atom stereocenters. The van der Waals surface area contributed by atoms with Gasteiger partial charge in [-0.2, -0.15) is 0 Å². The molecule has 0 saturated carbocycles. The summed E-state index contributed by atoms with van der Waals surface area (Å²) in [6.45, 7) is 0.357. The average molecular weight is 489 g/mol.